The standard InChI is InChI=1S/C7H11N3O2/c1-11-6-2-4-9-7(10-6)12-5-3-8/h2,4H,3,5,8H2,1H3. The lowest BCUT2D eigenvalue weighted by molar-refractivity contribution is 0.293. The van der Waals surface area contributed by atoms with Crippen LogP contribution in [0, 0.1) is 0 Å². The van der Waals surface area contributed by atoms with Gasteiger partial charge in [0.25, 0.3) is 0 Å². The zero-order chi connectivity index (χ0) is 8.81. The first kappa shape index (κ1) is 8.73. The summed E-state index contributed by atoms with van der Waals surface area (Å²) in [5, 5.41) is 0. The predicted molar refractivity (Wildman–Crippen MR) is 43.1 cm³/mol. The lowest BCUT2D eigenvalue weighted by atomic mass is 10.6. The normalized spacial score (nSPS) is 9.50. The summed E-state index contributed by atoms with van der Waals surface area (Å²) in [4.78, 5) is 7.77. The third kappa shape index (κ3) is 2.35. The Kier molecular flexibility index (Phi) is 3.28. The maximum absolute atomic E-state index is 5.24. The number of nitrogens with zero attached hydrogens (tertiary/aromatic N) is 2. The molecule has 12 heavy (non-hydrogen) atoms. The van der Waals surface area contributed by atoms with Gasteiger partial charge >= 0.3 is 6.01 Å². The molecule has 0 radical (unpaired) electrons. The van der Waals surface area contributed by atoms with E-state index in [-0.39, 0.29) is 0 Å². The fourth-order valence-corrected chi connectivity index (χ4v) is 0.659. The van der Waals surface area contributed by atoms with Gasteiger partial charge in [-0.25, -0.2) is 4.98 Å². The molecule has 0 aliphatic carbocycles. The van der Waals surface area contributed by atoms with E-state index in [1.165, 1.54) is 7.11 Å². The van der Waals surface area contributed by atoms with E-state index in [1.54, 1.807) is 12.3 Å². The molecule has 0 bridgehead atoms. The first-order valence-corrected chi connectivity index (χ1v) is 3.56. The molecule has 0 unspecified atom stereocenters. The zero-order valence-corrected chi connectivity index (χ0v) is 6.86. The van der Waals surface area contributed by atoms with Crippen LogP contribution in [0.4, 0.5) is 0 Å². The molecule has 0 aromatic carbocycles. The third-order valence-corrected chi connectivity index (χ3v) is 1.17. The Morgan fingerprint density at radius 3 is 3.08 bits per heavy atom. The van der Waals surface area contributed by atoms with Gasteiger partial charge < -0.3 is 15.2 Å². The van der Waals surface area contributed by atoms with E-state index in [0.717, 1.165) is 0 Å². The van der Waals surface area contributed by atoms with Gasteiger partial charge in [-0.1, -0.05) is 0 Å². The fraction of sp³-hybridized carbons (Fsp3) is 0.429. The molecule has 0 aliphatic heterocycles. The molecule has 66 valence electrons. The molecule has 5 heteroatoms. The Bertz CT molecular complexity index is 242. The highest BCUT2D eigenvalue weighted by molar-refractivity contribution is 5.10. The second kappa shape index (κ2) is 4.50. The summed E-state index contributed by atoms with van der Waals surface area (Å²) in [5.74, 6) is 0.483. The molecule has 5 nitrogen and oxygen atoms in total. The first-order chi connectivity index (χ1) is 5.86. The smallest absolute Gasteiger partial charge is 0.319 e. The highest BCUT2D eigenvalue weighted by Crippen LogP contribution is 2.08. The van der Waals surface area contributed by atoms with Crippen molar-refractivity contribution >= 4 is 0 Å². The fourth-order valence-electron chi connectivity index (χ4n) is 0.659. The van der Waals surface area contributed by atoms with Crippen LogP contribution >= 0.6 is 0 Å². The maximum atomic E-state index is 5.24. The summed E-state index contributed by atoms with van der Waals surface area (Å²) in [6.45, 7) is 0.855. The van der Waals surface area contributed by atoms with Gasteiger partial charge in [-0.05, 0) is 0 Å². The molecule has 0 saturated carbocycles. The van der Waals surface area contributed by atoms with Gasteiger partial charge in [-0.3, -0.25) is 0 Å². The van der Waals surface area contributed by atoms with Gasteiger partial charge in [0.15, 0.2) is 0 Å². The highest BCUT2D eigenvalue weighted by Gasteiger charge is 1.97. The Labute approximate surface area is 70.5 Å². The van der Waals surface area contributed by atoms with Crippen LogP contribution in [-0.4, -0.2) is 30.2 Å². The van der Waals surface area contributed by atoms with Crippen molar-refractivity contribution < 1.29 is 9.47 Å². The molecule has 0 saturated heterocycles. The number of hydrogen-bond donors (Lipinski definition) is 1. The van der Waals surface area contributed by atoms with Crippen LogP contribution in [0.3, 0.4) is 0 Å². The Balaban J connectivity index is 2.60. The van der Waals surface area contributed by atoms with Crippen LogP contribution in [-0.2, 0) is 0 Å². The molecular weight excluding hydrogens is 158 g/mol. The third-order valence-electron chi connectivity index (χ3n) is 1.17. The molecule has 1 heterocycles. The molecule has 0 spiro atoms. The lowest BCUT2D eigenvalue weighted by Crippen LogP contribution is -2.12. The van der Waals surface area contributed by atoms with Crippen molar-refractivity contribution in [2.45, 2.75) is 0 Å². The van der Waals surface area contributed by atoms with E-state index in [1.807, 2.05) is 0 Å². The van der Waals surface area contributed by atoms with Gasteiger partial charge in [0.2, 0.25) is 5.88 Å². The summed E-state index contributed by atoms with van der Waals surface area (Å²) in [6.07, 6.45) is 1.57. The Hall–Kier alpha value is -1.36. The first-order valence-electron chi connectivity index (χ1n) is 3.56. The molecule has 1 aromatic rings. The van der Waals surface area contributed by atoms with Gasteiger partial charge in [-0.2, -0.15) is 4.98 Å². The van der Waals surface area contributed by atoms with Crippen molar-refractivity contribution in [2.24, 2.45) is 5.73 Å². The Morgan fingerprint density at radius 2 is 2.42 bits per heavy atom. The quantitative estimate of drug-likeness (QED) is 0.677. The number of methoxy groups -OCH3 is 1. The summed E-state index contributed by atoms with van der Waals surface area (Å²) in [7, 11) is 1.54. The SMILES string of the molecule is COc1ccnc(OCCN)n1. The van der Waals surface area contributed by atoms with Crippen LogP contribution in [0.5, 0.6) is 11.9 Å². The molecule has 2 N–H and O–H groups in total. The summed E-state index contributed by atoms with van der Waals surface area (Å²) in [6, 6.07) is 1.94. The summed E-state index contributed by atoms with van der Waals surface area (Å²) in [5.41, 5.74) is 5.24. The van der Waals surface area contributed by atoms with Crippen LogP contribution in [0.25, 0.3) is 0 Å². The van der Waals surface area contributed by atoms with Crippen LogP contribution < -0.4 is 15.2 Å². The minimum atomic E-state index is 0.291. The van der Waals surface area contributed by atoms with E-state index >= 15 is 0 Å². The Morgan fingerprint density at radius 1 is 1.58 bits per heavy atom. The van der Waals surface area contributed by atoms with Crippen LogP contribution in [0.2, 0.25) is 0 Å². The van der Waals surface area contributed by atoms with Crippen molar-refractivity contribution in [3.63, 3.8) is 0 Å². The molecule has 0 aliphatic rings. The molecule has 1 aromatic heterocycles. The van der Waals surface area contributed by atoms with Crippen molar-refractivity contribution in [1.29, 1.82) is 0 Å². The van der Waals surface area contributed by atoms with Crippen molar-refractivity contribution in [2.75, 3.05) is 20.3 Å². The zero-order valence-electron chi connectivity index (χ0n) is 6.86. The van der Waals surface area contributed by atoms with Crippen molar-refractivity contribution in [3.05, 3.63) is 12.3 Å². The van der Waals surface area contributed by atoms with Gasteiger partial charge in [0.05, 0.1) is 7.11 Å². The molecular formula is C7H11N3O2. The highest BCUT2D eigenvalue weighted by atomic mass is 16.5. The van der Waals surface area contributed by atoms with Crippen LogP contribution in [0.1, 0.15) is 0 Å². The molecule has 0 amide bonds. The number of ether oxygens (including phenoxy) is 2. The molecule has 0 fully saturated rings. The van der Waals surface area contributed by atoms with Gasteiger partial charge in [0.1, 0.15) is 6.61 Å². The van der Waals surface area contributed by atoms with Crippen LogP contribution in [0.15, 0.2) is 12.3 Å². The van der Waals surface area contributed by atoms with E-state index in [9.17, 15) is 0 Å². The number of nitrogens with two attached hydrogens (primary N) is 1. The largest absolute Gasteiger partial charge is 0.481 e. The van der Waals surface area contributed by atoms with Crippen molar-refractivity contribution in [3.8, 4) is 11.9 Å². The second-order valence-electron chi connectivity index (χ2n) is 2.02. The van der Waals surface area contributed by atoms with E-state index in [2.05, 4.69) is 9.97 Å². The summed E-state index contributed by atoms with van der Waals surface area (Å²) < 4.78 is 9.94. The number of rotatable bonds is 4. The number of hydrogen-bond acceptors (Lipinski definition) is 5. The topological polar surface area (TPSA) is 70.3 Å². The maximum Gasteiger partial charge on any atom is 0.319 e. The second-order valence-corrected chi connectivity index (χ2v) is 2.02. The van der Waals surface area contributed by atoms with E-state index in [4.69, 9.17) is 15.2 Å². The molecule has 0 atom stereocenters. The van der Waals surface area contributed by atoms with E-state index in [0.29, 0.717) is 25.0 Å². The average molecular weight is 169 g/mol. The van der Waals surface area contributed by atoms with Gasteiger partial charge in [0, 0.05) is 18.8 Å². The minimum Gasteiger partial charge on any atom is -0.481 e. The predicted octanol–water partition coefficient (Wildman–Crippen LogP) is -0.177. The monoisotopic (exact) mass is 169 g/mol. The van der Waals surface area contributed by atoms with E-state index < -0.39 is 0 Å². The summed E-state index contributed by atoms with van der Waals surface area (Å²) >= 11 is 0. The lowest BCUT2D eigenvalue weighted by Gasteiger charge is -2.02. The minimum absolute atomic E-state index is 0.291. The van der Waals surface area contributed by atoms with Gasteiger partial charge in [-0.15, -0.1) is 0 Å². The molecule has 1 rings (SSSR count). The number of aromatic nitrogens is 2. The van der Waals surface area contributed by atoms with Crippen molar-refractivity contribution in [1.82, 2.24) is 9.97 Å². The average Bonchev–Trinajstić information content (AvgIpc) is 2.15.